The number of hydrogen-bond acceptors (Lipinski definition) is 5. The van der Waals surface area contributed by atoms with Gasteiger partial charge in [-0.15, -0.1) is 10.2 Å². The standard InChI is InChI=1S/C26H17F3N4O/c27-26(28,29)19-12-9-16(10-13-19)20-15-23(32-33-24(20)17-5-2-1-3-6-17)34-21-8-4-7-18-11-14-22(30)31-25(18)21/h1-15H,(H2,30,31). The van der Waals surface area contributed by atoms with Gasteiger partial charge in [0.2, 0.25) is 5.88 Å². The van der Waals surface area contributed by atoms with Gasteiger partial charge in [-0.25, -0.2) is 4.98 Å². The summed E-state index contributed by atoms with van der Waals surface area (Å²) < 4.78 is 45.2. The summed E-state index contributed by atoms with van der Waals surface area (Å²) in [5.74, 6) is 0.954. The highest BCUT2D eigenvalue weighted by molar-refractivity contribution is 5.86. The summed E-state index contributed by atoms with van der Waals surface area (Å²) in [6, 6.07) is 24.8. The molecular weight excluding hydrogens is 441 g/mol. The first-order valence-electron chi connectivity index (χ1n) is 10.3. The van der Waals surface area contributed by atoms with Gasteiger partial charge in [0.25, 0.3) is 0 Å². The summed E-state index contributed by atoms with van der Waals surface area (Å²) in [6.45, 7) is 0. The fourth-order valence-corrected chi connectivity index (χ4v) is 3.62. The molecule has 0 bridgehead atoms. The van der Waals surface area contributed by atoms with E-state index in [0.29, 0.717) is 33.9 Å². The van der Waals surface area contributed by atoms with E-state index in [1.54, 1.807) is 18.2 Å². The van der Waals surface area contributed by atoms with E-state index < -0.39 is 11.7 Å². The summed E-state index contributed by atoms with van der Waals surface area (Å²) >= 11 is 0. The number of ether oxygens (including phenoxy) is 1. The third kappa shape index (κ3) is 4.25. The van der Waals surface area contributed by atoms with Crippen LogP contribution >= 0.6 is 0 Å². The highest BCUT2D eigenvalue weighted by Crippen LogP contribution is 2.36. The fourth-order valence-electron chi connectivity index (χ4n) is 3.62. The third-order valence-corrected chi connectivity index (χ3v) is 5.26. The van der Waals surface area contributed by atoms with E-state index in [9.17, 15) is 13.2 Å². The molecule has 0 atom stereocenters. The first kappa shape index (κ1) is 21.4. The first-order chi connectivity index (χ1) is 16.4. The lowest BCUT2D eigenvalue weighted by Crippen LogP contribution is -2.04. The van der Waals surface area contributed by atoms with Crippen molar-refractivity contribution in [3.8, 4) is 34.0 Å². The summed E-state index contributed by atoms with van der Waals surface area (Å²) in [7, 11) is 0. The Balaban J connectivity index is 1.61. The third-order valence-electron chi connectivity index (χ3n) is 5.26. The van der Waals surface area contributed by atoms with Crippen LogP contribution in [0.5, 0.6) is 11.6 Å². The number of rotatable bonds is 4. The van der Waals surface area contributed by atoms with E-state index in [-0.39, 0.29) is 5.88 Å². The molecular formula is C26H17F3N4O. The van der Waals surface area contributed by atoms with Gasteiger partial charge in [-0.1, -0.05) is 54.6 Å². The molecule has 0 aliphatic rings. The topological polar surface area (TPSA) is 73.9 Å². The molecule has 5 aromatic rings. The zero-order chi connectivity index (χ0) is 23.7. The molecule has 0 saturated carbocycles. The van der Waals surface area contributed by atoms with Crippen molar-refractivity contribution in [3.63, 3.8) is 0 Å². The van der Waals surface area contributed by atoms with E-state index >= 15 is 0 Å². The molecule has 0 radical (unpaired) electrons. The smallest absolute Gasteiger partial charge is 0.416 e. The Morgan fingerprint density at radius 3 is 2.24 bits per heavy atom. The van der Waals surface area contributed by atoms with Crippen molar-refractivity contribution in [2.45, 2.75) is 6.18 Å². The number of alkyl halides is 3. The fraction of sp³-hybridized carbons (Fsp3) is 0.0385. The molecule has 0 spiro atoms. The van der Waals surface area contributed by atoms with E-state index in [4.69, 9.17) is 10.5 Å². The van der Waals surface area contributed by atoms with Crippen LogP contribution in [-0.4, -0.2) is 15.2 Å². The maximum Gasteiger partial charge on any atom is 0.416 e. The first-order valence-corrected chi connectivity index (χ1v) is 10.3. The van der Waals surface area contributed by atoms with Gasteiger partial charge in [-0.3, -0.25) is 0 Å². The molecule has 2 N–H and O–H groups in total. The largest absolute Gasteiger partial charge is 0.435 e. The normalized spacial score (nSPS) is 11.5. The number of para-hydroxylation sites is 1. The van der Waals surface area contributed by atoms with Gasteiger partial charge >= 0.3 is 6.18 Å². The second-order valence-corrected chi connectivity index (χ2v) is 7.55. The lowest BCUT2D eigenvalue weighted by atomic mass is 9.99. The van der Waals surface area contributed by atoms with Gasteiger partial charge in [0.05, 0.1) is 5.56 Å². The monoisotopic (exact) mass is 458 g/mol. The summed E-state index contributed by atoms with van der Waals surface area (Å²) in [4.78, 5) is 4.35. The van der Waals surface area contributed by atoms with Gasteiger partial charge in [-0.05, 0) is 35.9 Å². The summed E-state index contributed by atoms with van der Waals surface area (Å²) in [6.07, 6.45) is -4.42. The zero-order valence-corrected chi connectivity index (χ0v) is 17.6. The molecule has 0 aliphatic heterocycles. The van der Waals surface area contributed by atoms with Crippen molar-refractivity contribution >= 4 is 16.7 Å². The Morgan fingerprint density at radius 1 is 0.735 bits per heavy atom. The molecule has 0 unspecified atom stereocenters. The number of hydrogen-bond donors (Lipinski definition) is 1. The van der Waals surface area contributed by atoms with Crippen molar-refractivity contribution in [3.05, 3.63) is 96.6 Å². The Labute approximate surface area is 192 Å². The number of benzene rings is 3. The minimum atomic E-state index is -4.42. The number of pyridine rings is 1. The van der Waals surface area contributed by atoms with E-state index in [1.165, 1.54) is 12.1 Å². The average molecular weight is 458 g/mol. The number of nitrogen functional groups attached to an aromatic ring is 1. The second-order valence-electron chi connectivity index (χ2n) is 7.55. The molecule has 34 heavy (non-hydrogen) atoms. The number of halogens is 3. The molecule has 0 fully saturated rings. The highest BCUT2D eigenvalue weighted by atomic mass is 19.4. The van der Waals surface area contributed by atoms with E-state index in [2.05, 4.69) is 15.2 Å². The van der Waals surface area contributed by atoms with Crippen LogP contribution in [0.3, 0.4) is 0 Å². The Morgan fingerprint density at radius 2 is 1.50 bits per heavy atom. The Hall–Kier alpha value is -4.46. The van der Waals surface area contributed by atoms with Crippen LogP contribution < -0.4 is 10.5 Å². The van der Waals surface area contributed by atoms with Gasteiger partial charge < -0.3 is 10.5 Å². The van der Waals surface area contributed by atoms with Gasteiger partial charge in [-0.2, -0.15) is 13.2 Å². The number of anilines is 1. The molecule has 5 nitrogen and oxygen atoms in total. The van der Waals surface area contributed by atoms with Crippen LogP contribution in [-0.2, 0) is 6.18 Å². The zero-order valence-electron chi connectivity index (χ0n) is 17.6. The van der Waals surface area contributed by atoms with Crippen molar-refractivity contribution in [1.29, 1.82) is 0 Å². The second kappa shape index (κ2) is 8.47. The molecule has 3 aromatic carbocycles. The SMILES string of the molecule is Nc1ccc2cccc(Oc3cc(-c4ccc(C(F)(F)F)cc4)c(-c4ccccc4)nn3)c2n1. The predicted octanol–water partition coefficient (Wildman–Crippen LogP) is 6.75. The van der Waals surface area contributed by atoms with Crippen LogP contribution in [0.4, 0.5) is 19.0 Å². The van der Waals surface area contributed by atoms with Gasteiger partial charge in [0, 0.05) is 22.6 Å². The van der Waals surface area contributed by atoms with Crippen molar-refractivity contribution < 1.29 is 17.9 Å². The Bertz CT molecular complexity index is 1470. The van der Waals surface area contributed by atoms with Crippen molar-refractivity contribution in [1.82, 2.24) is 15.2 Å². The van der Waals surface area contributed by atoms with Crippen LogP contribution in [0.15, 0.2) is 91.0 Å². The maximum atomic E-state index is 13.1. The lowest BCUT2D eigenvalue weighted by molar-refractivity contribution is -0.137. The molecule has 0 saturated heterocycles. The number of nitrogens with two attached hydrogens (primary N) is 1. The number of aromatic nitrogens is 3. The maximum absolute atomic E-state index is 13.1. The van der Waals surface area contributed by atoms with Crippen molar-refractivity contribution in [2.24, 2.45) is 0 Å². The highest BCUT2D eigenvalue weighted by Gasteiger charge is 2.30. The van der Waals surface area contributed by atoms with E-state index in [1.807, 2.05) is 48.5 Å². The van der Waals surface area contributed by atoms with Gasteiger partial charge in [0.1, 0.15) is 17.0 Å². The lowest BCUT2D eigenvalue weighted by Gasteiger charge is -2.13. The molecule has 5 rings (SSSR count). The van der Waals surface area contributed by atoms with Crippen LogP contribution in [0.1, 0.15) is 5.56 Å². The van der Waals surface area contributed by atoms with Gasteiger partial charge in [0.15, 0.2) is 5.75 Å². The van der Waals surface area contributed by atoms with Crippen LogP contribution in [0.2, 0.25) is 0 Å². The molecule has 0 aliphatic carbocycles. The predicted molar refractivity (Wildman–Crippen MR) is 124 cm³/mol. The molecule has 168 valence electrons. The molecule has 2 heterocycles. The molecule has 2 aromatic heterocycles. The average Bonchev–Trinajstić information content (AvgIpc) is 2.84. The Kier molecular flexibility index (Phi) is 5.33. The molecule has 0 amide bonds. The number of fused-ring (bicyclic) bond motifs is 1. The van der Waals surface area contributed by atoms with Crippen molar-refractivity contribution in [2.75, 3.05) is 5.73 Å². The number of nitrogens with zero attached hydrogens (tertiary/aromatic N) is 3. The summed E-state index contributed by atoms with van der Waals surface area (Å²) in [5.41, 5.74) is 8.10. The van der Waals surface area contributed by atoms with Crippen LogP contribution in [0.25, 0.3) is 33.3 Å². The quantitative estimate of drug-likeness (QED) is 0.322. The minimum absolute atomic E-state index is 0.173. The minimum Gasteiger partial charge on any atom is -0.435 e. The van der Waals surface area contributed by atoms with E-state index in [0.717, 1.165) is 23.1 Å². The summed E-state index contributed by atoms with van der Waals surface area (Å²) in [5, 5.41) is 9.40. The molecule has 8 heteroatoms. The van der Waals surface area contributed by atoms with Crippen LogP contribution in [0, 0.1) is 0 Å².